The van der Waals surface area contributed by atoms with E-state index in [0.29, 0.717) is 46.3 Å². The minimum Gasteiger partial charge on any atom is -0.383 e. The van der Waals surface area contributed by atoms with E-state index in [1.54, 1.807) is 35.6 Å². The number of nitrogens with two attached hydrogens (primary N) is 1. The van der Waals surface area contributed by atoms with Crippen molar-refractivity contribution in [2.24, 2.45) is 0 Å². The molecule has 3 aromatic heterocycles. The summed E-state index contributed by atoms with van der Waals surface area (Å²) in [5.41, 5.74) is 8.64. The molecule has 5 rings (SSSR count). The van der Waals surface area contributed by atoms with Gasteiger partial charge in [-0.05, 0) is 66.4 Å². The molecule has 6 nitrogen and oxygen atoms in total. The number of anilines is 2. The Hall–Kier alpha value is -3.85. The van der Waals surface area contributed by atoms with Crippen LogP contribution in [-0.2, 0) is 6.42 Å². The van der Waals surface area contributed by atoms with Gasteiger partial charge >= 0.3 is 0 Å². The van der Waals surface area contributed by atoms with Crippen LogP contribution in [0.5, 0.6) is 0 Å². The number of fused-ring (bicyclic) bond motifs is 1. The summed E-state index contributed by atoms with van der Waals surface area (Å²) in [6.07, 6.45) is 0.830. The van der Waals surface area contributed by atoms with Crippen molar-refractivity contribution in [3.8, 4) is 16.9 Å². The lowest BCUT2D eigenvalue weighted by Gasteiger charge is -2.08. The van der Waals surface area contributed by atoms with Crippen molar-refractivity contribution in [3.05, 3.63) is 82.6 Å². The third kappa shape index (κ3) is 3.90. The van der Waals surface area contributed by atoms with E-state index in [-0.39, 0.29) is 11.6 Å². The number of rotatable bonds is 6. The number of aromatic nitrogens is 4. The molecule has 0 spiro atoms. The number of hydrogen-bond donors (Lipinski definition) is 2. The first-order chi connectivity index (χ1) is 15.6. The van der Waals surface area contributed by atoms with Gasteiger partial charge in [-0.15, -0.1) is 16.4 Å². The summed E-state index contributed by atoms with van der Waals surface area (Å²) in [5.74, 6) is 0.0181. The number of thiophene rings is 1. The Kier molecular flexibility index (Phi) is 5.24. The van der Waals surface area contributed by atoms with Crippen molar-refractivity contribution in [2.45, 2.75) is 6.42 Å². The first kappa shape index (κ1) is 20.1. The van der Waals surface area contributed by atoms with Gasteiger partial charge < -0.3 is 11.1 Å². The molecule has 0 radical (unpaired) electrons. The monoisotopic (exact) mass is 448 g/mol. The number of hydrogen-bond acceptors (Lipinski definition) is 6. The lowest BCUT2D eigenvalue weighted by atomic mass is 10.1. The third-order valence-corrected chi connectivity index (χ3v) is 5.93. The zero-order valence-corrected chi connectivity index (χ0v) is 17.6. The minimum atomic E-state index is -0.354. The molecule has 9 heteroatoms. The smallest absolute Gasteiger partial charge is 0.225 e. The maximum atomic E-state index is 13.5. The highest BCUT2D eigenvalue weighted by Crippen LogP contribution is 2.33. The van der Waals surface area contributed by atoms with Crippen LogP contribution in [0.25, 0.3) is 28.0 Å². The van der Waals surface area contributed by atoms with Crippen molar-refractivity contribution in [2.75, 3.05) is 17.6 Å². The summed E-state index contributed by atoms with van der Waals surface area (Å²) in [7, 11) is 0. The summed E-state index contributed by atoms with van der Waals surface area (Å²) in [6, 6.07) is 16.0. The molecule has 0 amide bonds. The molecule has 0 saturated carbocycles. The van der Waals surface area contributed by atoms with Gasteiger partial charge in [0, 0.05) is 17.0 Å². The van der Waals surface area contributed by atoms with E-state index in [0.717, 1.165) is 6.42 Å². The number of nitrogens with zero attached hydrogens (tertiary/aromatic N) is 4. The number of nitrogens with one attached hydrogen (secondary N) is 1. The SMILES string of the molecule is Nc1c2c(-c3ccc(F)cc3)nc(NCCc3cccs3)nc2nn1-c1ccc(F)cc1. The highest BCUT2D eigenvalue weighted by molar-refractivity contribution is 7.09. The average molecular weight is 449 g/mol. The van der Waals surface area contributed by atoms with Crippen molar-refractivity contribution in [3.63, 3.8) is 0 Å². The molecule has 0 aliphatic heterocycles. The second-order valence-electron chi connectivity index (χ2n) is 7.13. The average Bonchev–Trinajstić information content (AvgIpc) is 3.43. The Labute approximate surface area is 186 Å². The molecule has 0 atom stereocenters. The van der Waals surface area contributed by atoms with Crippen LogP contribution in [0.3, 0.4) is 0 Å². The van der Waals surface area contributed by atoms with Crippen molar-refractivity contribution in [1.82, 2.24) is 19.7 Å². The van der Waals surface area contributed by atoms with Crippen molar-refractivity contribution in [1.29, 1.82) is 0 Å². The molecule has 160 valence electrons. The molecule has 3 heterocycles. The van der Waals surface area contributed by atoms with Crippen LogP contribution in [0.2, 0.25) is 0 Å². The summed E-state index contributed by atoms with van der Waals surface area (Å²) >= 11 is 1.69. The highest BCUT2D eigenvalue weighted by atomic mass is 32.1. The first-order valence-electron chi connectivity index (χ1n) is 9.93. The van der Waals surface area contributed by atoms with Gasteiger partial charge in [0.15, 0.2) is 5.65 Å². The summed E-state index contributed by atoms with van der Waals surface area (Å²) in [4.78, 5) is 10.5. The number of benzene rings is 2. The zero-order valence-electron chi connectivity index (χ0n) is 16.8. The Morgan fingerprint density at radius 3 is 2.34 bits per heavy atom. The Morgan fingerprint density at radius 2 is 1.66 bits per heavy atom. The van der Waals surface area contributed by atoms with Crippen LogP contribution >= 0.6 is 11.3 Å². The second-order valence-corrected chi connectivity index (χ2v) is 8.16. The van der Waals surface area contributed by atoms with Crippen LogP contribution < -0.4 is 11.1 Å². The van der Waals surface area contributed by atoms with Gasteiger partial charge in [-0.2, -0.15) is 4.98 Å². The first-order valence-corrected chi connectivity index (χ1v) is 10.8. The molecular formula is C23H18F2N6S. The quantitative estimate of drug-likeness (QED) is 0.380. The standard InChI is InChI=1S/C23H18F2N6S/c24-15-5-3-14(4-6-15)20-19-21(26)31(17-9-7-16(25)8-10-17)30-22(19)29-23(28-20)27-12-11-18-2-1-13-32-18/h1-10,13H,11-12,26H2,(H,27,29,30). The lowest BCUT2D eigenvalue weighted by molar-refractivity contribution is 0.627. The Balaban J connectivity index is 1.59. The van der Waals surface area contributed by atoms with Crippen LogP contribution in [0, 0.1) is 11.6 Å². The molecule has 5 aromatic rings. The van der Waals surface area contributed by atoms with E-state index in [1.165, 1.54) is 33.8 Å². The molecule has 2 aromatic carbocycles. The van der Waals surface area contributed by atoms with E-state index < -0.39 is 0 Å². The van der Waals surface area contributed by atoms with Crippen LogP contribution in [0.1, 0.15) is 4.88 Å². The predicted octanol–water partition coefficient (Wildman–Crippen LogP) is 5.06. The maximum absolute atomic E-state index is 13.5. The van der Waals surface area contributed by atoms with Crippen LogP contribution in [0.15, 0.2) is 66.0 Å². The van der Waals surface area contributed by atoms with Crippen molar-refractivity contribution >= 4 is 34.1 Å². The largest absolute Gasteiger partial charge is 0.383 e. The topological polar surface area (TPSA) is 81.7 Å². The summed E-state index contributed by atoms with van der Waals surface area (Å²) < 4.78 is 28.4. The molecule has 0 aliphatic carbocycles. The van der Waals surface area contributed by atoms with Gasteiger partial charge in [-0.3, -0.25) is 0 Å². The Bertz CT molecular complexity index is 1360. The van der Waals surface area contributed by atoms with E-state index in [1.807, 2.05) is 11.4 Å². The molecule has 0 saturated heterocycles. The molecule has 0 fully saturated rings. The summed E-state index contributed by atoms with van der Waals surface area (Å²) in [6.45, 7) is 0.642. The second kappa shape index (κ2) is 8.35. The fraction of sp³-hybridized carbons (Fsp3) is 0.0870. The molecule has 0 unspecified atom stereocenters. The fourth-order valence-corrected chi connectivity index (χ4v) is 4.15. The van der Waals surface area contributed by atoms with E-state index in [4.69, 9.17) is 5.73 Å². The zero-order chi connectivity index (χ0) is 22.1. The molecular weight excluding hydrogens is 430 g/mol. The summed E-state index contributed by atoms with van der Waals surface area (Å²) in [5, 5.41) is 10.4. The minimum absolute atomic E-state index is 0.316. The third-order valence-electron chi connectivity index (χ3n) is 4.99. The number of halogens is 2. The normalized spacial score (nSPS) is 11.2. The molecule has 0 bridgehead atoms. The van der Waals surface area contributed by atoms with E-state index >= 15 is 0 Å². The van der Waals surface area contributed by atoms with E-state index in [9.17, 15) is 8.78 Å². The maximum Gasteiger partial charge on any atom is 0.225 e. The van der Waals surface area contributed by atoms with Crippen molar-refractivity contribution < 1.29 is 8.78 Å². The van der Waals surface area contributed by atoms with Gasteiger partial charge in [-0.1, -0.05) is 6.07 Å². The van der Waals surface area contributed by atoms with Gasteiger partial charge in [0.1, 0.15) is 17.5 Å². The number of nitrogen functional groups attached to an aromatic ring is 1. The predicted molar refractivity (Wildman–Crippen MR) is 123 cm³/mol. The van der Waals surface area contributed by atoms with Gasteiger partial charge in [0.05, 0.1) is 16.8 Å². The highest BCUT2D eigenvalue weighted by Gasteiger charge is 2.19. The van der Waals surface area contributed by atoms with Crippen LogP contribution in [-0.4, -0.2) is 26.3 Å². The lowest BCUT2D eigenvalue weighted by Crippen LogP contribution is -2.08. The fourth-order valence-electron chi connectivity index (χ4n) is 3.44. The van der Waals surface area contributed by atoms with Gasteiger partial charge in [0.2, 0.25) is 5.95 Å². The van der Waals surface area contributed by atoms with Gasteiger partial charge in [0.25, 0.3) is 0 Å². The molecule has 3 N–H and O–H groups in total. The Morgan fingerprint density at radius 1 is 0.938 bits per heavy atom. The van der Waals surface area contributed by atoms with Crippen LogP contribution in [0.4, 0.5) is 20.5 Å². The molecule has 32 heavy (non-hydrogen) atoms. The van der Waals surface area contributed by atoms with Gasteiger partial charge in [-0.25, -0.2) is 18.4 Å². The van der Waals surface area contributed by atoms with E-state index in [2.05, 4.69) is 26.4 Å². The molecule has 0 aliphatic rings.